The highest BCUT2D eigenvalue weighted by atomic mass is 32.2. The van der Waals surface area contributed by atoms with Gasteiger partial charge >= 0.3 is 0 Å². The number of Topliss-reactive ketones (excluding diaryl/α,β-unsaturated/α-hetero) is 1. The van der Waals surface area contributed by atoms with Gasteiger partial charge in [-0.1, -0.05) is 62.4 Å². The number of carbonyl (C=O) groups is 1. The zero-order valence-corrected chi connectivity index (χ0v) is 26.1. The van der Waals surface area contributed by atoms with Gasteiger partial charge in [0.25, 0.3) is 0 Å². The quantitative estimate of drug-likeness (QED) is 0.318. The molecule has 2 bridgehead atoms. The zero-order chi connectivity index (χ0) is 30.5. The highest BCUT2D eigenvalue weighted by molar-refractivity contribution is 7.88. The van der Waals surface area contributed by atoms with Gasteiger partial charge in [-0.3, -0.25) is 4.79 Å². The third-order valence-electron chi connectivity index (χ3n) is 12.8. The van der Waals surface area contributed by atoms with Crippen LogP contribution in [0.5, 0.6) is 0 Å². The second-order valence-electron chi connectivity index (χ2n) is 14.6. The van der Waals surface area contributed by atoms with Gasteiger partial charge in [-0.25, -0.2) is 8.42 Å². The molecule has 1 heterocycles. The first kappa shape index (κ1) is 29.2. The van der Waals surface area contributed by atoms with E-state index in [2.05, 4.69) is 32.1 Å². The molecule has 6 aliphatic carbocycles. The molecule has 0 saturated heterocycles. The fourth-order valence-corrected chi connectivity index (χ4v) is 11.3. The van der Waals surface area contributed by atoms with Crippen LogP contribution in [0.15, 0.2) is 76.9 Å². The number of carbonyl (C=O) groups excluding carboxylic acids is 1. The fraction of sp³-hybridized carbons (Fsp3) is 0.571. The second kappa shape index (κ2) is 9.49. The maximum Gasteiger partial charge on any atom is 0.224 e. The van der Waals surface area contributed by atoms with Crippen LogP contribution in [0, 0.1) is 33.5 Å². The smallest absolute Gasteiger partial charge is 0.224 e. The summed E-state index contributed by atoms with van der Waals surface area (Å²) in [5.41, 5.74) is -1.46. The van der Waals surface area contributed by atoms with Crippen molar-refractivity contribution in [2.45, 2.75) is 77.0 Å². The Kier molecular flexibility index (Phi) is 6.45. The van der Waals surface area contributed by atoms with E-state index in [1.807, 2.05) is 30.3 Å². The summed E-state index contributed by atoms with van der Waals surface area (Å²) in [5, 5.41) is 23.5. The molecule has 1 unspecified atom stereocenters. The topological polar surface area (TPSA) is 108 Å². The number of hydrogen-bond acceptors (Lipinski definition) is 6. The normalized spacial score (nSPS) is 41.4. The van der Waals surface area contributed by atoms with Crippen molar-refractivity contribution in [3.05, 3.63) is 83.9 Å². The zero-order valence-electron chi connectivity index (χ0n) is 25.3. The Bertz CT molecular complexity index is 1600. The molecular weight excluding hydrogens is 562 g/mol. The number of aliphatic hydroxyl groups is 2. The molecule has 0 aliphatic heterocycles. The average molecular weight is 606 g/mol. The monoisotopic (exact) mass is 605 g/mol. The number of aliphatic hydroxyl groups excluding tert-OH is 1. The van der Waals surface area contributed by atoms with Crippen molar-refractivity contribution < 1.29 is 27.8 Å². The Balaban J connectivity index is 1.33. The van der Waals surface area contributed by atoms with Gasteiger partial charge in [0.15, 0.2) is 5.76 Å². The number of benzene rings is 1. The number of fused-ring (bicyclic) bond motifs is 1. The van der Waals surface area contributed by atoms with Crippen molar-refractivity contribution in [3.8, 4) is 0 Å². The van der Waals surface area contributed by atoms with Crippen LogP contribution >= 0.6 is 0 Å². The summed E-state index contributed by atoms with van der Waals surface area (Å²) in [6.45, 7) is 4.69. The minimum atomic E-state index is -3.62. The van der Waals surface area contributed by atoms with Gasteiger partial charge in [-0.15, -0.1) is 0 Å². The van der Waals surface area contributed by atoms with Crippen molar-refractivity contribution in [2.24, 2.45) is 33.5 Å². The summed E-state index contributed by atoms with van der Waals surface area (Å²) < 4.78 is 33.3. The molecule has 1 aromatic heterocycles. The predicted molar refractivity (Wildman–Crippen MR) is 163 cm³/mol. The molecule has 7 nitrogen and oxygen atoms in total. The van der Waals surface area contributed by atoms with Crippen molar-refractivity contribution in [1.29, 1.82) is 0 Å². The third-order valence-corrected chi connectivity index (χ3v) is 14.0. The summed E-state index contributed by atoms with van der Waals surface area (Å²) in [6, 6.07) is 13.0. The van der Waals surface area contributed by atoms with Crippen LogP contribution in [0.25, 0.3) is 0 Å². The molecule has 2 spiro atoms. The SMILES string of the molecule is C[C@]12CC[C@H]3[C@]4(C=C[C@@]5(C=C4C(=O)c4ccco4)CC(O)CC[C@]35C)[C@@H]1CC[C@@]2(O)CN(Cc1ccccc1)S(C)(=O)=O. The number of sulfonamides is 1. The van der Waals surface area contributed by atoms with Crippen molar-refractivity contribution in [3.63, 3.8) is 0 Å². The van der Waals surface area contributed by atoms with Crippen LogP contribution in [0.2, 0.25) is 0 Å². The van der Waals surface area contributed by atoms with E-state index in [1.165, 1.54) is 16.8 Å². The number of rotatable bonds is 7. The van der Waals surface area contributed by atoms with Crippen LogP contribution in [0.4, 0.5) is 0 Å². The summed E-state index contributed by atoms with van der Waals surface area (Å²) in [5.74, 6) is 0.279. The highest BCUT2D eigenvalue weighted by Gasteiger charge is 2.74. The first-order chi connectivity index (χ1) is 20.3. The summed E-state index contributed by atoms with van der Waals surface area (Å²) in [4.78, 5) is 14.3. The van der Waals surface area contributed by atoms with E-state index in [1.54, 1.807) is 12.1 Å². The molecule has 8 rings (SSSR count). The number of nitrogens with zero attached hydrogens (tertiary/aromatic N) is 1. The molecule has 43 heavy (non-hydrogen) atoms. The lowest BCUT2D eigenvalue weighted by atomic mass is 9.32. The van der Waals surface area contributed by atoms with E-state index >= 15 is 0 Å². The van der Waals surface area contributed by atoms with Crippen molar-refractivity contribution in [2.75, 3.05) is 12.8 Å². The third kappa shape index (κ3) is 3.95. The molecule has 2 N–H and O–H groups in total. The molecule has 8 atom stereocenters. The summed E-state index contributed by atoms with van der Waals surface area (Å²) in [7, 11) is -3.62. The Hall–Kier alpha value is -2.52. The van der Waals surface area contributed by atoms with Crippen molar-refractivity contribution in [1.82, 2.24) is 4.31 Å². The number of furan rings is 1. The van der Waals surface area contributed by atoms with Crippen LogP contribution in [0.1, 0.15) is 74.9 Å². The van der Waals surface area contributed by atoms with E-state index in [4.69, 9.17) is 4.42 Å². The van der Waals surface area contributed by atoms with Gasteiger partial charge in [0, 0.05) is 34.9 Å². The molecule has 8 heteroatoms. The van der Waals surface area contributed by atoms with E-state index < -0.39 is 38.0 Å². The maximum absolute atomic E-state index is 14.3. The Morgan fingerprint density at radius 1 is 0.977 bits per heavy atom. The van der Waals surface area contributed by atoms with Gasteiger partial charge in [0.2, 0.25) is 15.8 Å². The van der Waals surface area contributed by atoms with Gasteiger partial charge in [0.1, 0.15) is 0 Å². The molecule has 3 saturated carbocycles. The van der Waals surface area contributed by atoms with Gasteiger partial charge in [-0.2, -0.15) is 4.31 Å². The van der Waals surface area contributed by atoms with Crippen LogP contribution in [-0.2, 0) is 16.6 Å². The Morgan fingerprint density at radius 2 is 1.67 bits per heavy atom. The number of allylic oxidation sites excluding steroid dienone is 4. The standard InChI is InChI=1S/C35H43NO6S/c1-31-14-11-25(37)20-33(31)17-18-35(26(21-33)30(38)27-10-7-19-42-27)28(31)12-15-32(2)29(35)13-16-34(32,39)23-36(43(3,40)41)22-24-8-5-4-6-9-24/h4-10,17-19,21,25,28-29,37,39H,11-16,20,22-23H2,1-3H3/t25?,28-,29-,31-,32+,33+,34-,35-/m1/s1. The highest BCUT2D eigenvalue weighted by Crippen LogP contribution is 2.78. The molecule has 230 valence electrons. The van der Waals surface area contributed by atoms with Crippen LogP contribution in [0.3, 0.4) is 0 Å². The molecule has 0 radical (unpaired) electrons. The van der Waals surface area contributed by atoms with Gasteiger partial charge in [-0.05, 0) is 79.9 Å². The summed E-state index contributed by atoms with van der Waals surface area (Å²) in [6.07, 6.45) is 13.9. The van der Waals surface area contributed by atoms with E-state index in [9.17, 15) is 23.4 Å². The predicted octanol–water partition coefficient (Wildman–Crippen LogP) is 5.52. The fourth-order valence-electron chi connectivity index (χ4n) is 10.5. The maximum atomic E-state index is 14.3. The summed E-state index contributed by atoms with van der Waals surface area (Å²) >= 11 is 0. The van der Waals surface area contributed by atoms with E-state index in [-0.39, 0.29) is 36.1 Å². The number of hydrogen-bond donors (Lipinski definition) is 2. The number of ketones is 1. The van der Waals surface area contributed by atoms with Crippen LogP contribution < -0.4 is 0 Å². The van der Waals surface area contributed by atoms with E-state index in [0.717, 1.165) is 36.8 Å². The lowest BCUT2D eigenvalue weighted by Crippen LogP contribution is -2.67. The molecule has 0 amide bonds. The molecule has 2 aromatic rings. The van der Waals surface area contributed by atoms with Crippen LogP contribution in [-0.4, -0.2) is 53.2 Å². The minimum absolute atomic E-state index is 0.0107. The molecular formula is C35H43NO6S. The van der Waals surface area contributed by atoms with Gasteiger partial charge in [0.05, 0.1) is 24.2 Å². The molecule has 6 aliphatic rings. The molecule has 1 aromatic carbocycles. The molecule has 3 fully saturated rings. The second-order valence-corrected chi connectivity index (χ2v) is 16.6. The Morgan fingerprint density at radius 3 is 2.37 bits per heavy atom. The largest absolute Gasteiger partial charge is 0.461 e. The van der Waals surface area contributed by atoms with Gasteiger partial charge < -0.3 is 14.6 Å². The first-order valence-corrected chi connectivity index (χ1v) is 17.5. The van der Waals surface area contributed by atoms with Crippen molar-refractivity contribution >= 4 is 15.8 Å². The minimum Gasteiger partial charge on any atom is -0.461 e. The average Bonchev–Trinajstić information content (AvgIpc) is 3.59. The van der Waals surface area contributed by atoms with E-state index in [0.29, 0.717) is 25.0 Å². The Labute approximate surface area is 254 Å². The first-order valence-electron chi connectivity index (χ1n) is 15.7. The lowest BCUT2D eigenvalue weighted by molar-refractivity contribution is -0.174. The lowest BCUT2D eigenvalue weighted by Gasteiger charge is -2.71.